The number of hydrogen-bond acceptors (Lipinski definition) is 1. The molecule has 0 spiro atoms. The minimum Gasteiger partial charge on any atom is -0.309 e. The third-order valence-corrected chi connectivity index (χ3v) is 3.26. The van der Waals surface area contributed by atoms with E-state index in [0.717, 1.165) is 23.1 Å². The van der Waals surface area contributed by atoms with Crippen molar-refractivity contribution in [3.8, 4) is 0 Å². The lowest BCUT2D eigenvalue weighted by Gasteiger charge is -2.07. The first kappa shape index (κ1) is 13.2. The third-order valence-electron chi connectivity index (χ3n) is 2.77. The van der Waals surface area contributed by atoms with Crippen molar-refractivity contribution in [2.45, 2.75) is 20.0 Å². The Labute approximate surface area is 115 Å². The molecule has 0 saturated carbocycles. The highest BCUT2D eigenvalue weighted by Gasteiger charge is 1.99. The minimum absolute atomic E-state index is 0.147. The van der Waals surface area contributed by atoms with E-state index in [9.17, 15) is 4.39 Å². The molecule has 0 amide bonds. The number of aryl methyl sites for hydroxylation is 1. The lowest BCUT2D eigenvalue weighted by molar-refractivity contribution is 0.615. The van der Waals surface area contributed by atoms with Gasteiger partial charge in [0.05, 0.1) is 0 Å². The maximum absolute atomic E-state index is 13.1. The van der Waals surface area contributed by atoms with Crippen molar-refractivity contribution >= 4 is 15.9 Å². The van der Waals surface area contributed by atoms with Gasteiger partial charge >= 0.3 is 0 Å². The molecule has 0 atom stereocenters. The first-order valence-electron chi connectivity index (χ1n) is 5.85. The molecule has 2 aromatic rings. The van der Waals surface area contributed by atoms with Crippen LogP contribution in [0.15, 0.2) is 46.9 Å². The monoisotopic (exact) mass is 307 g/mol. The molecular weight excluding hydrogens is 293 g/mol. The van der Waals surface area contributed by atoms with Crippen LogP contribution >= 0.6 is 15.9 Å². The van der Waals surface area contributed by atoms with E-state index < -0.39 is 0 Å². The van der Waals surface area contributed by atoms with Gasteiger partial charge in [-0.05, 0) is 41.8 Å². The van der Waals surface area contributed by atoms with Crippen LogP contribution in [0.3, 0.4) is 0 Å². The van der Waals surface area contributed by atoms with E-state index in [4.69, 9.17) is 0 Å². The molecule has 0 saturated heterocycles. The Morgan fingerprint density at radius 1 is 1.06 bits per heavy atom. The van der Waals surface area contributed by atoms with E-state index in [0.29, 0.717) is 5.56 Å². The molecule has 0 aliphatic rings. The first-order chi connectivity index (χ1) is 8.65. The highest BCUT2D eigenvalue weighted by molar-refractivity contribution is 9.10. The summed E-state index contributed by atoms with van der Waals surface area (Å²) in [6.45, 7) is 3.33. The highest BCUT2D eigenvalue weighted by Crippen LogP contribution is 2.12. The predicted molar refractivity (Wildman–Crippen MR) is 75.8 cm³/mol. The van der Waals surface area contributed by atoms with Crippen LogP contribution in [0.5, 0.6) is 0 Å². The van der Waals surface area contributed by atoms with Gasteiger partial charge in [0.15, 0.2) is 0 Å². The van der Waals surface area contributed by atoms with Gasteiger partial charge < -0.3 is 5.32 Å². The molecule has 0 bridgehead atoms. The van der Waals surface area contributed by atoms with E-state index in [2.05, 4.69) is 33.4 Å². The number of rotatable bonds is 4. The average Bonchev–Trinajstić information content (AvgIpc) is 2.34. The smallest absolute Gasteiger partial charge is 0.126 e. The van der Waals surface area contributed by atoms with Gasteiger partial charge in [-0.2, -0.15) is 0 Å². The van der Waals surface area contributed by atoms with Gasteiger partial charge in [-0.25, -0.2) is 4.39 Å². The zero-order chi connectivity index (χ0) is 13.0. The lowest BCUT2D eigenvalue weighted by Crippen LogP contribution is -2.12. The van der Waals surface area contributed by atoms with E-state index >= 15 is 0 Å². The Bertz CT molecular complexity index is 540. The van der Waals surface area contributed by atoms with Crippen LogP contribution in [-0.2, 0) is 13.1 Å². The fourth-order valence-electron chi connectivity index (χ4n) is 1.81. The molecule has 3 heteroatoms. The summed E-state index contributed by atoms with van der Waals surface area (Å²) in [4.78, 5) is 0. The SMILES string of the molecule is Cc1cc(CNCc2cccc(Br)c2)ccc1F. The second-order valence-electron chi connectivity index (χ2n) is 4.32. The van der Waals surface area contributed by atoms with Gasteiger partial charge in [-0.15, -0.1) is 0 Å². The molecule has 0 aliphatic heterocycles. The summed E-state index contributed by atoms with van der Waals surface area (Å²) in [5, 5.41) is 3.35. The van der Waals surface area contributed by atoms with E-state index in [-0.39, 0.29) is 5.82 Å². The van der Waals surface area contributed by atoms with Crippen molar-refractivity contribution < 1.29 is 4.39 Å². The summed E-state index contributed by atoms with van der Waals surface area (Å²) in [7, 11) is 0. The molecule has 2 rings (SSSR count). The van der Waals surface area contributed by atoms with Crippen LogP contribution in [0, 0.1) is 12.7 Å². The predicted octanol–water partition coefficient (Wildman–Crippen LogP) is 4.19. The molecule has 18 heavy (non-hydrogen) atoms. The summed E-state index contributed by atoms with van der Waals surface area (Å²) in [5.74, 6) is -0.147. The quantitative estimate of drug-likeness (QED) is 0.893. The maximum atomic E-state index is 13.1. The number of nitrogens with one attached hydrogen (secondary N) is 1. The Balaban J connectivity index is 1.90. The summed E-state index contributed by atoms with van der Waals surface area (Å²) < 4.78 is 14.2. The number of hydrogen-bond donors (Lipinski definition) is 1. The first-order valence-corrected chi connectivity index (χ1v) is 6.64. The maximum Gasteiger partial charge on any atom is 0.126 e. The van der Waals surface area contributed by atoms with E-state index in [1.165, 1.54) is 11.6 Å². The van der Waals surface area contributed by atoms with Gasteiger partial charge in [-0.3, -0.25) is 0 Å². The molecule has 0 unspecified atom stereocenters. The second-order valence-corrected chi connectivity index (χ2v) is 5.23. The fourth-order valence-corrected chi connectivity index (χ4v) is 2.26. The molecule has 0 aromatic heterocycles. The average molecular weight is 308 g/mol. The van der Waals surface area contributed by atoms with Crippen LogP contribution in [0.25, 0.3) is 0 Å². The highest BCUT2D eigenvalue weighted by atomic mass is 79.9. The standard InChI is InChI=1S/C15H15BrFN/c1-11-7-13(5-6-15(11)17)10-18-9-12-3-2-4-14(16)8-12/h2-8,18H,9-10H2,1H3. The zero-order valence-electron chi connectivity index (χ0n) is 10.2. The summed E-state index contributed by atoms with van der Waals surface area (Å²) in [6.07, 6.45) is 0. The Morgan fingerprint density at radius 2 is 1.78 bits per heavy atom. The Hall–Kier alpha value is -1.19. The fraction of sp³-hybridized carbons (Fsp3) is 0.200. The molecule has 0 aliphatic carbocycles. The van der Waals surface area contributed by atoms with Crippen LogP contribution in [0.1, 0.15) is 16.7 Å². The number of benzene rings is 2. The second kappa shape index (κ2) is 6.12. The Kier molecular flexibility index (Phi) is 4.50. The van der Waals surface area contributed by atoms with Crippen molar-refractivity contribution in [3.63, 3.8) is 0 Å². The van der Waals surface area contributed by atoms with Gasteiger partial charge in [0.2, 0.25) is 0 Å². The molecule has 1 N–H and O–H groups in total. The minimum atomic E-state index is -0.147. The molecule has 0 radical (unpaired) electrons. The van der Waals surface area contributed by atoms with Crippen molar-refractivity contribution in [2.24, 2.45) is 0 Å². The van der Waals surface area contributed by atoms with Crippen molar-refractivity contribution in [1.29, 1.82) is 0 Å². The summed E-state index contributed by atoms with van der Waals surface area (Å²) >= 11 is 3.45. The van der Waals surface area contributed by atoms with Crippen LogP contribution in [-0.4, -0.2) is 0 Å². The van der Waals surface area contributed by atoms with E-state index in [1.54, 1.807) is 6.92 Å². The lowest BCUT2D eigenvalue weighted by atomic mass is 10.1. The molecule has 1 nitrogen and oxygen atoms in total. The van der Waals surface area contributed by atoms with Crippen LogP contribution in [0.4, 0.5) is 4.39 Å². The van der Waals surface area contributed by atoms with Crippen molar-refractivity contribution in [1.82, 2.24) is 5.32 Å². The molecule has 0 heterocycles. The summed E-state index contributed by atoms with van der Waals surface area (Å²) in [5.41, 5.74) is 3.02. The molecule has 2 aromatic carbocycles. The van der Waals surface area contributed by atoms with Gasteiger partial charge in [0.25, 0.3) is 0 Å². The largest absolute Gasteiger partial charge is 0.309 e. The molecule has 0 fully saturated rings. The van der Waals surface area contributed by atoms with Crippen LogP contribution in [0.2, 0.25) is 0 Å². The van der Waals surface area contributed by atoms with Gasteiger partial charge in [0.1, 0.15) is 5.82 Å². The van der Waals surface area contributed by atoms with Crippen molar-refractivity contribution in [2.75, 3.05) is 0 Å². The van der Waals surface area contributed by atoms with Crippen LogP contribution < -0.4 is 5.32 Å². The molecular formula is C15H15BrFN. The normalized spacial score (nSPS) is 10.6. The summed E-state index contributed by atoms with van der Waals surface area (Å²) in [6, 6.07) is 13.4. The van der Waals surface area contributed by atoms with Gasteiger partial charge in [0, 0.05) is 17.6 Å². The van der Waals surface area contributed by atoms with E-state index in [1.807, 2.05) is 24.3 Å². The van der Waals surface area contributed by atoms with Crippen molar-refractivity contribution in [3.05, 3.63) is 69.4 Å². The topological polar surface area (TPSA) is 12.0 Å². The number of halogens is 2. The molecule has 94 valence electrons. The van der Waals surface area contributed by atoms with Gasteiger partial charge in [-0.1, -0.05) is 40.2 Å². The third kappa shape index (κ3) is 3.65. The zero-order valence-corrected chi connectivity index (χ0v) is 11.8. The Morgan fingerprint density at radius 3 is 2.44 bits per heavy atom.